The summed E-state index contributed by atoms with van der Waals surface area (Å²) in [5, 5.41) is 10.2. The number of carbonyl (C=O) groups is 1. The first-order chi connectivity index (χ1) is 7.93. The van der Waals surface area contributed by atoms with E-state index in [1.807, 2.05) is 0 Å². The molecular weight excluding hydrogens is 216 g/mol. The van der Waals surface area contributed by atoms with Gasteiger partial charge in [0.1, 0.15) is 11.4 Å². The van der Waals surface area contributed by atoms with Gasteiger partial charge in [0.2, 0.25) is 0 Å². The molecule has 2 saturated carbocycles. The lowest BCUT2D eigenvalue weighted by molar-refractivity contribution is -0.148. The summed E-state index contributed by atoms with van der Waals surface area (Å²) in [6.45, 7) is 6.01. The molecule has 3 nitrogen and oxygen atoms in total. The van der Waals surface area contributed by atoms with Crippen LogP contribution in [0.15, 0.2) is 0 Å². The number of aliphatic hydroxyl groups excluding tert-OH is 1. The lowest BCUT2D eigenvalue weighted by Gasteiger charge is -2.53. The number of hydrogen-bond acceptors (Lipinski definition) is 3. The third-order valence-corrected chi connectivity index (χ3v) is 5.89. The fraction of sp³-hybridized carbons (Fsp3) is 0.929. The van der Waals surface area contributed by atoms with Crippen LogP contribution in [0.2, 0.25) is 0 Å². The van der Waals surface area contributed by atoms with E-state index in [0.29, 0.717) is 18.4 Å². The Labute approximate surface area is 103 Å². The van der Waals surface area contributed by atoms with Crippen molar-refractivity contribution in [3.05, 3.63) is 0 Å². The number of aliphatic hydroxyl groups is 1. The number of Topliss-reactive ketones (excluding diaryl/α,β-unsaturated/α-hetero) is 1. The molecule has 1 saturated heterocycles. The van der Waals surface area contributed by atoms with E-state index in [1.54, 1.807) is 6.92 Å². The summed E-state index contributed by atoms with van der Waals surface area (Å²) in [5.74, 6) is 0.337. The molecule has 1 heterocycles. The Morgan fingerprint density at radius 1 is 1.35 bits per heavy atom. The second-order valence-corrected chi connectivity index (χ2v) is 6.45. The predicted molar refractivity (Wildman–Crippen MR) is 63.5 cm³/mol. The van der Waals surface area contributed by atoms with Crippen molar-refractivity contribution in [1.82, 2.24) is 0 Å². The van der Waals surface area contributed by atoms with Crippen LogP contribution in [0.5, 0.6) is 0 Å². The lowest BCUT2D eigenvalue weighted by atomic mass is 9.49. The first-order valence-corrected chi connectivity index (χ1v) is 6.80. The van der Waals surface area contributed by atoms with Gasteiger partial charge in [-0.2, -0.15) is 0 Å². The van der Waals surface area contributed by atoms with E-state index in [9.17, 15) is 9.90 Å². The molecule has 0 aromatic carbocycles. The van der Waals surface area contributed by atoms with Crippen molar-refractivity contribution in [2.75, 3.05) is 0 Å². The van der Waals surface area contributed by atoms with Crippen molar-refractivity contribution in [1.29, 1.82) is 0 Å². The van der Waals surface area contributed by atoms with Gasteiger partial charge in [-0.3, -0.25) is 4.79 Å². The Balaban J connectivity index is 2.05. The first kappa shape index (κ1) is 11.7. The number of hydrogen-bond donors (Lipinski definition) is 1. The zero-order valence-corrected chi connectivity index (χ0v) is 10.9. The maximum Gasteiger partial charge on any atom is 0.136 e. The van der Waals surface area contributed by atoms with Crippen LogP contribution in [0.3, 0.4) is 0 Å². The van der Waals surface area contributed by atoms with E-state index >= 15 is 0 Å². The molecule has 2 aliphatic carbocycles. The van der Waals surface area contributed by atoms with Crippen molar-refractivity contribution in [3.8, 4) is 0 Å². The molecule has 6 unspecified atom stereocenters. The predicted octanol–water partition coefficient (Wildman–Crippen LogP) is 1.92. The fourth-order valence-electron chi connectivity index (χ4n) is 4.78. The van der Waals surface area contributed by atoms with Crippen molar-refractivity contribution in [3.63, 3.8) is 0 Å². The van der Waals surface area contributed by atoms with Gasteiger partial charge in [-0.05, 0) is 38.5 Å². The van der Waals surface area contributed by atoms with Crippen molar-refractivity contribution in [2.24, 2.45) is 17.3 Å². The molecule has 0 aromatic heterocycles. The Kier molecular flexibility index (Phi) is 2.28. The Bertz CT molecular complexity index is 366. The van der Waals surface area contributed by atoms with Crippen LogP contribution in [0.1, 0.15) is 46.5 Å². The van der Waals surface area contributed by atoms with Crippen LogP contribution >= 0.6 is 0 Å². The summed E-state index contributed by atoms with van der Waals surface area (Å²) in [5.41, 5.74) is -0.264. The van der Waals surface area contributed by atoms with Crippen LogP contribution < -0.4 is 0 Å². The minimum absolute atomic E-state index is 0.0970. The minimum Gasteiger partial charge on any atom is -0.392 e. The van der Waals surface area contributed by atoms with Gasteiger partial charge in [0.15, 0.2) is 0 Å². The lowest BCUT2D eigenvalue weighted by Crippen LogP contribution is -2.59. The van der Waals surface area contributed by atoms with Crippen LogP contribution in [-0.2, 0) is 9.53 Å². The molecule has 0 radical (unpaired) electrons. The molecule has 3 aliphatic rings. The van der Waals surface area contributed by atoms with Crippen molar-refractivity contribution < 1.29 is 14.6 Å². The second-order valence-electron chi connectivity index (χ2n) is 6.45. The van der Waals surface area contributed by atoms with Gasteiger partial charge in [-0.15, -0.1) is 0 Å². The molecule has 1 N–H and O–H groups in total. The molecule has 0 aromatic rings. The van der Waals surface area contributed by atoms with Crippen LogP contribution in [0.4, 0.5) is 0 Å². The summed E-state index contributed by atoms with van der Waals surface area (Å²) in [6, 6.07) is 0. The van der Waals surface area contributed by atoms with Gasteiger partial charge >= 0.3 is 0 Å². The average molecular weight is 238 g/mol. The monoisotopic (exact) mass is 238 g/mol. The first-order valence-electron chi connectivity index (χ1n) is 6.80. The summed E-state index contributed by atoms with van der Waals surface area (Å²) < 4.78 is 6.01. The Hall–Kier alpha value is -0.410. The average Bonchev–Trinajstić information content (AvgIpc) is 2.96. The minimum atomic E-state index is -0.478. The van der Waals surface area contributed by atoms with E-state index in [1.165, 1.54) is 0 Å². The molecule has 3 rings (SSSR count). The summed E-state index contributed by atoms with van der Waals surface area (Å²) >= 11 is 0. The highest BCUT2D eigenvalue weighted by Gasteiger charge is 2.74. The van der Waals surface area contributed by atoms with Gasteiger partial charge in [-0.1, -0.05) is 13.8 Å². The molecule has 1 spiro atoms. The maximum atomic E-state index is 12.0. The number of ether oxygens (including phenoxy) is 1. The van der Waals surface area contributed by atoms with E-state index in [-0.39, 0.29) is 22.7 Å². The van der Waals surface area contributed by atoms with Gasteiger partial charge in [0.05, 0.1) is 18.1 Å². The summed E-state index contributed by atoms with van der Waals surface area (Å²) in [7, 11) is 0. The molecule has 17 heavy (non-hydrogen) atoms. The highest BCUT2D eigenvalue weighted by molar-refractivity contribution is 5.80. The third-order valence-electron chi connectivity index (χ3n) is 5.89. The molecule has 0 amide bonds. The molecule has 3 heteroatoms. The SMILES string of the molecule is CC(=O)C1C(O)CCC23OC2CCC(C)C13C. The van der Waals surface area contributed by atoms with E-state index in [2.05, 4.69) is 13.8 Å². The highest BCUT2D eigenvalue weighted by atomic mass is 16.6. The Morgan fingerprint density at radius 2 is 2.06 bits per heavy atom. The van der Waals surface area contributed by atoms with Gasteiger partial charge < -0.3 is 9.84 Å². The van der Waals surface area contributed by atoms with E-state index < -0.39 is 6.10 Å². The number of carbonyl (C=O) groups excluding carboxylic acids is 1. The molecule has 6 atom stereocenters. The molecule has 96 valence electrons. The Morgan fingerprint density at radius 3 is 2.71 bits per heavy atom. The largest absolute Gasteiger partial charge is 0.392 e. The molecule has 3 fully saturated rings. The van der Waals surface area contributed by atoms with Gasteiger partial charge in [0, 0.05) is 5.41 Å². The standard InChI is InChI=1S/C14H22O3/c1-8-4-5-11-14(17-11)7-6-10(16)12(9(2)15)13(8,14)3/h8,10-12,16H,4-7H2,1-3H3. The summed E-state index contributed by atoms with van der Waals surface area (Å²) in [4.78, 5) is 12.0. The second kappa shape index (κ2) is 3.33. The molecule has 0 bridgehead atoms. The molecule has 1 aliphatic heterocycles. The quantitative estimate of drug-likeness (QED) is 0.710. The van der Waals surface area contributed by atoms with Gasteiger partial charge in [0.25, 0.3) is 0 Å². The smallest absolute Gasteiger partial charge is 0.136 e. The zero-order chi connectivity index (χ0) is 12.4. The van der Waals surface area contributed by atoms with E-state index in [4.69, 9.17) is 4.74 Å². The van der Waals surface area contributed by atoms with Gasteiger partial charge in [-0.25, -0.2) is 0 Å². The number of ketones is 1. The molecular formula is C14H22O3. The van der Waals surface area contributed by atoms with Crippen molar-refractivity contribution >= 4 is 5.78 Å². The summed E-state index contributed by atoms with van der Waals surface area (Å²) in [6.07, 6.45) is 3.73. The van der Waals surface area contributed by atoms with Crippen LogP contribution in [0.25, 0.3) is 0 Å². The van der Waals surface area contributed by atoms with Crippen LogP contribution in [-0.4, -0.2) is 28.7 Å². The van der Waals surface area contributed by atoms with E-state index in [0.717, 1.165) is 19.3 Å². The zero-order valence-electron chi connectivity index (χ0n) is 10.9. The van der Waals surface area contributed by atoms with Crippen molar-refractivity contribution in [2.45, 2.75) is 64.3 Å². The highest BCUT2D eigenvalue weighted by Crippen LogP contribution is 2.68. The third kappa shape index (κ3) is 1.22. The maximum absolute atomic E-state index is 12.0. The fourth-order valence-corrected chi connectivity index (χ4v) is 4.78. The normalized spacial score (nSPS) is 56.9. The number of rotatable bonds is 1. The topological polar surface area (TPSA) is 49.8 Å². The number of epoxide rings is 1. The van der Waals surface area contributed by atoms with Crippen LogP contribution in [0, 0.1) is 17.3 Å².